The summed E-state index contributed by atoms with van der Waals surface area (Å²) >= 11 is 5.93. The van der Waals surface area contributed by atoms with E-state index in [-0.39, 0.29) is 0 Å². The highest BCUT2D eigenvalue weighted by atomic mass is 35.5. The van der Waals surface area contributed by atoms with Crippen molar-refractivity contribution in [2.24, 2.45) is 0 Å². The van der Waals surface area contributed by atoms with Gasteiger partial charge < -0.3 is 10.1 Å². The summed E-state index contributed by atoms with van der Waals surface area (Å²) in [6.45, 7) is 1.37. The molecule has 1 saturated carbocycles. The number of rotatable bonds is 5. The molecule has 0 unspecified atom stereocenters. The molecule has 0 spiro atoms. The minimum absolute atomic E-state index is 0.422. The summed E-state index contributed by atoms with van der Waals surface area (Å²) in [5, 5.41) is 12.9. The van der Waals surface area contributed by atoms with Crippen molar-refractivity contribution < 1.29 is 4.74 Å². The third kappa shape index (κ3) is 4.41. The number of benzene rings is 1. The first-order chi connectivity index (χ1) is 9.29. The smallest absolute Gasteiger partial charge is 0.101 e. The molecule has 0 heterocycles. The first-order valence-electron chi connectivity index (χ1n) is 6.85. The lowest BCUT2D eigenvalue weighted by molar-refractivity contribution is 0.0347. The highest BCUT2D eigenvalue weighted by Crippen LogP contribution is 2.21. The van der Waals surface area contributed by atoms with E-state index in [1.807, 2.05) is 0 Å². The summed E-state index contributed by atoms with van der Waals surface area (Å²) in [6, 6.07) is 7.38. The maximum atomic E-state index is 9.01. The van der Waals surface area contributed by atoms with Crippen LogP contribution in [0.25, 0.3) is 0 Å². The molecule has 4 heteroatoms. The number of anilines is 1. The molecular weight excluding hydrogens is 260 g/mol. The van der Waals surface area contributed by atoms with Crippen molar-refractivity contribution in [3.63, 3.8) is 0 Å². The first kappa shape index (κ1) is 14.2. The lowest BCUT2D eigenvalue weighted by atomic mass is 9.98. The van der Waals surface area contributed by atoms with Crippen LogP contribution in [0.4, 0.5) is 5.69 Å². The Balaban J connectivity index is 1.76. The van der Waals surface area contributed by atoms with Gasteiger partial charge in [-0.2, -0.15) is 5.26 Å². The number of nitrogens with zero attached hydrogens (tertiary/aromatic N) is 1. The monoisotopic (exact) mass is 278 g/mol. The number of hydrogen-bond acceptors (Lipinski definition) is 3. The fraction of sp³-hybridized carbons (Fsp3) is 0.533. The second-order valence-electron chi connectivity index (χ2n) is 4.86. The van der Waals surface area contributed by atoms with Gasteiger partial charge in [-0.1, -0.05) is 30.9 Å². The Morgan fingerprint density at radius 2 is 2.11 bits per heavy atom. The van der Waals surface area contributed by atoms with Crippen LogP contribution in [-0.4, -0.2) is 19.3 Å². The largest absolute Gasteiger partial charge is 0.382 e. The van der Waals surface area contributed by atoms with E-state index < -0.39 is 0 Å². The van der Waals surface area contributed by atoms with E-state index in [1.54, 1.807) is 18.2 Å². The summed E-state index contributed by atoms with van der Waals surface area (Å²) in [4.78, 5) is 0. The van der Waals surface area contributed by atoms with E-state index in [1.165, 1.54) is 32.1 Å². The molecule has 0 radical (unpaired) electrons. The van der Waals surface area contributed by atoms with Crippen LogP contribution in [0.15, 0.2) is 18.2 Å². The molecule has 1 aromatic carbocycles. The second-order valence-corrected chi connectivity index (χ2v) is 5.30. The van der Waals surface area contributed by atoms with Crippen molar-refractivity contribution in [3.8, 4) is 6.07 Å². The molecule has 1 aliphatic rings. The molecule has 0 aromatic heterocycles. The molecule has 0 aliphatic heterocycles. The van der Waals surface area contributed by atoms with Gasteiger partial charge in [0.15, 0.2) is 0 Å². The van der Waals surface area contributed by atoms with Crippen LogP contribution in [0.1, 0.15) is 37.7 Å². The number of hydrogen-bond donors (Lipinski definition) is 1. The van der Waals surface area contributed by atoms with Crippen molar-refractivity contribution >= 4 is 17.3 Å². The zero-order valence-corrected chi connectivity index (χ0v) is 11.7. The second kappa shape index (κ2) is 7.37. The average Bonchev–Trinajstić information content (AvgIpc) is 2.45. The molecule has 19 heavy (non-hydrogen) atoms. The predicted molar refractivity (Wildman–Crippen MR) is 77.5 cm³/mol. The minimum atomic E-state index is 0.422. The Hall–Kier alpha value is -1.24. The molecule has 1 N–H and O–H groups in total. The molecular formula is C15H19ClN2O. The van der Waals surface area contributed by atoms with Gasteiger partial charge in [0.05, 0.1) is 24.0 Å². The van der Waals surface area contributed by atoms with Gasteiger partial charge in [-0.15, -0.1) is 0 Å². The summed E-state index contributed by atoms with van der Waals surface area (Å²) in [5.41, 5.74) is 1.39. The Kier molecular flexibility index (Phi) is 5.50. The maximum Gasteiger partial charge on any atom is 0.101 e. The average molecular weight is 279 g/mol. The molecule has 0 atom stereocenters. The zero-order valence-electron chi connectivity index (χ0n) is 11.0. The maximum absolute atomic E-state index is 9.01. The molecule has 0 amide bonds. The van der Waals surface area contributed by atoms with E-state index in [9.17, 15) is 0 Å². The Morgan fingerprint density at radius 3 is 2.84 bits per heavy atom. The fourth-order valence-electron chi connectivity index (χ4n) is 2.40. The predicted octanol–water partition coefficient (Wildman–Crippen LogP) is 3.97. The van der Waals surface area contributed by atoms with Gasteiger partial charge in [-0.3, -0.25) is 0 Å². The van der Waals surface area contributed by atoms with Gasteiger partial charge in [0.25, 0.3) is 0 Å². The molecule has 3 nitrogen and oxygen atoms in total. The molecule has 2 rings (SSSR count). The van der Waals surface area contributed by atoms with Crippen LogP contribution in [0.5, 0.6) is 0 Å². The van der Waals surface area contributed by atoms with Gasteiger partial charge in [-0.05, 0) is 31.0 Å². The third-order valence-corrected chi connectivity index (χ3v) is 3.66. The van der Waals surface area contributed by atoms with Crippen molar-refractivity contribution in [2.75, 3.05) is 18.5 Å². The van der Waals surface area contributed by atoms with Gasteiger partial charge in [0.1, 0.15) is 6.07 Å². The van der Waals surface area contributed by atoms with Crippen LogP contribution < -0.4 is 5.32 Å². The summed E-state index contributed by atoms with van der Waals surface area (Å²) < 4.78 is 5.83. The van der Waals surface area contributed by atoms with Crippen molar-refractivity contribution in [1.82, 2.24) is 0 Å². The van der Waals surface area contributed by atoms with Gasteiger partial charge >= 0.3 is 0 Å². The van der Waals surface area contributed by atoms with Gasteiger partial charge in [0, 0.05) is 11.6 Å². The molecule has 102 valence electrons. The Morgan fingerprint density at radius 1 is 1.32 bits per heavy atom. The normalized spacial score (nSPS) is 16.0. The number of ether oxygens (including phenoxy) is 1. The highest BCUT2D eigenvalue weighted by Gasteiger charge is 2.13. The molecule has 1 aliphatic carbocycles. The van der Waals surface area contributed by atoms with Gasteiger partial charge in [-0.25, -0.2) is 0 Å². The fourth-order valence-corrected chi connectivity index (χ4v) is 2.58. The van der Waals surface area contributed by atoms with Crippen molar-refractivity contribution in [2.45, 2.75) is 38.2 Å². The van der Waals surface area contributed by atoms with Crippen LogP contribution in [0, 0.1) is 11.3 Å². The molecule has 0 bridgehead atoms. The summed E-state index contributed by atoms with van der Waals surface area (Å²) in [5.74, 6) is 0. The Labute approximate surface area is 119 Å². The SMILES string of the molecule is N#Cc1ccc(Cl)cc1NCCOC1CCCCC1. The molecule has 1 aromatic rings. The lowest BCUT2D eigenvalue weighted by Crippen LogP contribution is -2.20. The zero-order chi connectivity index (χ0) is 13.5. The number of halogens is 1. The van der Waals surface area contributed by atoms with E-state index in [0.717, 1.165) is 5.69 Å². The lowest BCUT2D eigenvalue weighted by Gasteiger charge is -2.22. The molecule has 1 fully saturated rings. The first-order valence-corrected chi connectivity index (χ1v) is 7.22. The summed E-state index contributed by atoms with van der Waals surface area (Å²) in [6.07, 6.45) is 6.69. The number of nitriles is 1. The number of nitrogens with one attached hydrogen (secondary N) is 1. The van der Waals surface area contributed by atoms with E-state index in [4.69, 9.17) is 21.6 Å². The van der Waals surface area contributed by atoms with E-state index >= 15 is 0 Å². The van der Waals surface area contributed by atoms with Crippen LogP contribution in [0.2, 0.25) is 5.02 Å². The van der Waals surface area contributed by atoms with E-state index in [0.29, 0.717) is 29.8 Å². The van der Waals surface area contributed by atoms with Crippen molar-refractivity contribution in [3.05, 3.63) is 28.8 Å². The Bertz CT molecular complexity index is 450. The van der Waals surface area contributed by atoms with Crippen LogP contribution >= 0.6 is 11.6 Å². The van der Waals surface area contributed by atoms with Crippen molar-refractivity contribution in [1.29, 1.82) is 5.26 Å². The van der Waals surface area contributed by atoms with E-state index in [2.05, 4.69) is 11.4 Å². The highest BCUT2D eigenvalue weighted by molar-refractivity contribution is 6.30. The summed E-state index contributed by atoms with van der Waals surface area (Å²) in [7, 11) is 0. The topological polar surface area (TPSA) is 45.0 Å². The minimum Gasteiger partial charge on any atom is -0.382 e. The van der Waals surface area contributed by atoms with Gasteiger partial charge in [0.2, 0.25) is 0 Å². The van der Waals surface area contributed by atoms with Crippen LogP contribution in [0.3, 0.4) is 0 Å². The quantitative estimate of drug-likeness (QED) is 0.829. The third-order valence-electron chi connectivity index (χ3n) is 3.43. The standard InChI is InChI=1S/C15H19ClN2O/c16-13-7-6-12(11-17)15(10-13)18-8-9-19-14-4-2-1-3-5-14/h6-7,10,14,18H,1-5,8-9H2. The molecule has 0 saturated heterocycles. The van der Waals surface area contributed by atoms with Crippen LogP contribution in [-0.2, 0) is 4.74 Å².